The molecule has 1 aromatic carbocycles. The molecule has 58 valence electrons. The maximum atomic E-state index is 9.34. The normalized spacial score (nSPS) is 19.1. The van der Waals surface area contributed by atoms with E-state index in [1.54, 1.807) is 12.1 Å². The molecule has 0 saturated heterocycles. The lowest BCUT2D eigenvalue weighted by Crippen LogP contribution is -2.26. The molecule has 0 amide bonds. The third kappa shape index (κ3) is 0.895. The summed E-state index contributed by atoms with van der Waals surface area (Å²) in [6, 6.07) is 7.17. The van der Waals surface area contributed by atoms with Crippen molar-refractivity contribution in [2.75, 3.05) is 11.9 Å². The van der Waals surface area contributed by atoms with Gasteiger partial charge in [0, 0.05) is 11.3 Å². The summed E-state index contributed by atoms with van der Waals surface area (Å²) in [4.78, 5) is 0. The van der Waals surface area contributed by atoms with Gasteiger partial charge in [-0.25, -0.2) is 0 Å². The molecule has 0 saturated carbocycles. The highest BCUT2D eigenvalue weighted by Gasteiger charge is 2.33. The van der Waals surface area contributed by atoms with Crippen LogP contribution in [-0.2, 0) is 5.79 Å². The van der Waals surface area contributed by atoms with Crippen LogP contribution in [0.2, 0.25) is 0 Å². The summed E-state index contributed by atoms with van der Waals surface area (Å²) in [5.74, 6) is -1.68. The fourth-order valence-electron chi connectivity index (χ4n) is 1.30. The second kappa shape index (κ2) is 1.96. The van der Waals surface area contributed by atoms with Crippen molar-refractivity contribution >= 4 is 5.69 Å². The Morgan fingerprint density at radius 3 is 2.73 bits per heavy atom. The number of hydrogen-bond donors (Lipinski definition) is 3. The van der Waals surface area contributed by atoms with E-state index in [2.05, 4.69) is 5.32 Å². The minimum absolute atomic E-state index is 0.173. The van der Waals surface area contributed by atoms with E-state index in [1.165, 1.54) is 0 Å². The third-order valence-electron chi connectivity index (χ3n) is 1.88. The molecule has 1 aromatic rings. The molecular weight excluding hydrogens is 142 g/mol. The van der Waals surface area contributed by atoms with Crippen LogP contribution in [0.15, 0.2) is 24.3 Å². The van der Waals surface area contributed by atoms with Gasteiger partial charge in [-0.05, 0) is 6.07 Å². The highest BCUT2D eigenvalue weighted by Crippen LogP contribution is 2.31. The molecule has 0 bridgehead atoms. The van der Waals surface area contributed by atoms with E-state index in [0.29, 0.717) is 5.56 Å². The monoisotopic (exact) mass is 151 g/mol. The van der Waals surface area contributed by atoms with Crippen LogP contribution in [0.3, 0.4) is 0 Å². The Morgan fingerprint density at radius 1 is 1.27 bits per heavy atom. The van der Waals surface area contributed by atoms with E-state index in [4.69, 9.17) is 0 Å². The fourth-order valence-corrected chi connectivity index (χ4v) is 1.30. The highest BCUT2D eigenvalue weighted by atomic mass is 16.5. The van der Waals surface area contributed by atoms with Crippen molar-refractivity contribution in [2.45, 2.75) is 5.79 Å². The van der Waals surface area contributed by atoms with Crippen LogP contribution in [0.5, 0.6) is 0 Å². The second-order valence-corrected chi connectivity index (χ2v) is 2.72. The summed E-state index contributed by atoms with van der Waals surface area (Å²) in [6.45, 7) is 0.173. The molecule has 0 unspecified atom stereocenters. The van der Waals surface area contributed by atoms with Crippen LogP contribution in [0.25, 0.3) is 0 Å². The van der Waals surface area contributed by atoms with Crippen molar-refractivity contribution in [3.63, 3.8) is 0 Å². The number of hydrogen-bond acceptors (Lipinski definition) is 3. The van der Waals surface area contributed by atoms with Crippen molar-refractivity contribution < 1.29 is 10.2 Å². The van der Waals surface area contributed by atoms with Crippen molar-refractivity contribution in [3.8, 4) is 0 Å². The van der Waals surface area contributed by atoms with Gasteiger partial charge in [-0.3, -0.25) is 0 Å². The first-order chi connectivity index (χ1) is 5.20. The number of benzene rings is 1. The molecule has 0 spiro atoms. The smallest absolute Gasteiger partial charge is 0.209 e. The van der Waals surface area contributed by atoms with Crippen LogP contribution in [0.1, 0.15) is 5.56 Å². The first kappa shape index (κ1) is 6.64. The van der Waals surface area contributed by atoms with Crippen molar-refractivity contribution in [3.05, 3.63) is 29.8 Å². The summed E-state index contributed by atoms with van der Waals surface area (Å²) < 4.78 is 0. The highest BCUT2D eigenvalue weighted by molar-refractivity contribution is 5.57. The van der Waals surface area contributed by atoms with Gasteiger partial charge in [0.25, 0.3) is 0 Å². The average molecular weight is 151 g/mol. The molecule has 3 heteroatoms. The van der Waals surface area contributed by atoms with Crippen LogP contribution in [-0.4, -0.2) is 16.8 Å². The first-order valence-electron chi connectivity index (χ1n) is 3.48. The topological polar surface area (TPSA) is 52.5 Å². The summed E-state index contributed by atoms with van der Waals surface area (Å²) in [5.41, 5.74) is 1.36. The molecule has 3 N–H and O–H groups in total. The van der Waals surface area contributed by atoms with E-state index >= 15 is 0 Å². The molecule has 0 atom stereocenters. The molecular formula is C8H9NO2. The van der Waals surface area contributed by atoms with Crippen molar-refractivity contribution in [2.24, 2.45) is 0 Å². The standard InChI is InChI=1S/C8H9NO2/c10-8(11)5-9-7-4-2-1-3-6(7)8/h1-4,9-11H,5H2. The molecule has 0 aromatic heterocycles. The lowest BCUT2D eigenvalue weighted by Gasteiger charge is -2.13. The maximum absolute atomic E-state index is 9.34. The Bertz CT molecular complexity index is 283. The van der Waals surface area contributed by atoms with Crippen LogP contribution < -0.4 is 5.32 Å². The lowest BCUT2D eigenvalue weighted by molar-refractivity contribution is -0.151. The first-order valence-corrected chi connectivity index (χ1v) is 3.48. The average Bonchev–Trinajstić information content (AvgIpc) is 2.29. The molecule has 0 fully saturated rings. The zero-order valence-electron chi connectivity index (χ0n) is 5.91. The van der Waals surface area contributed by atoms with E-state index in [9.17, 15) is 10.2 Å². The lowest BCUT2D eigenvalue weighted by atomic mass is 10.1. The molecule has 2 rings (SSSR count). The number of anilines is 1. The minimum Gasteiger partial charge on any atom is -0.379 e. The molecule has 11 heavy (non-hydrogen) atoms. The Labute approximate surface area is 64.3 Å². The summed E-state index contributed by atoms with van der Waals surface area (Å²) in [7, 11) is 0. The van der Waals surface area contributed by atoms with Crippen molar-refractivity contribution in [1.82, 2.24) is 0 Å². The second-order valence-electron chi connectivity index (χ2n) is 2.72. The number of β-amino-alcohol motifs (C(OH)–C–C–N with tert-alkyl or cyclic N) is 2. The van der Waals surface area contributed by atoms with Gasteiger partial charge in [-0.1, -0.05) is 18.2 Å². The van der Waals surface area contributed by atoms with Crippen LogP contribution in [0.4, 0.5) is 5.69 Å². The Morgan fingerprint density at radius 2 is 2.00 bits per heavy atom. The molecule has 1 heterocycles. The maximum Gasteiger partial charge on any atom is 0.209 e. The quantitative estimate of drug-likeness (QED) is 0.466. The van der Waals surface area contributed by atoms with Crippen molar-refractivity contribution in [1.29, 1.82) is 0 Å². The molecule has 0 aliphatic carbocycles. The summed E-state index contributed by atoms with van der Waals surface area (Å²) in [5, 5.41) is 21.6. The van der Waals surface area contributed by atoms with E-state index in [-0.39, 0.29) is 6.54 Å². The summed E-state index contributed by atoms with van der Waals surface area (Å²) >= 11 is 0. The molecule has 3 nitrogen and oxygen atoms in total. The SMILES string of the molecule is OC1(O)CNc2ccccc21. The van der Waals surface area contributed by atoms with Gasteiger partial charge in [-0.15, -0.1) is 0 Å². The van der Waals surface area contributed by atoms with Gasteiger partial charge in [0.15, 0.2) is 0 Å². The Hall–Kier alpha value is -1.06. The number of fused-ring (bicyclic) bond motifs is 1. The predicted octanol–water partition coefficient (Wildman–Crippen LogP) is 0.249. The van der Waals surface area contributed by atoms with Gasteiger partial charge in [0.2, 0.25) is 5.79 Å². The largest absolute Gasteiger partial charge is 0.379 e. The molecule has 1 aliphatic heterocycles. The van der Waals surface area contributed by atoms with E-state index in [0.717, 1.165) is 5.69 Å². The molecule has 0 radical (unpaired) electrons. The minimum atomic E-state index is -1.68. The Balaban J connectivity index is 2.56. The van der Waals surface area contributed by atoms with Gasteiger partial charge in [-0.2, -0.15) is 0 Å². The molecule has 1 aliphatic rings. The summed E-state index contributed by atoms with van der Waals surface area (Å²) in [6.07, 6.45) is 0. The van der Waals surface area contributed by atoms with Crippen LogP contribution in [0, 0.1) is 0 Å². The fraction of sp³-hybridized carbons (Fsp3) is 0.250. The van der Waals surface area contributed by atoms with Gasteiger partial charge in [0.1, 0.15) is 0 Å². The third-order valence-corrected chi connectivity index (χ3v) is 1.88. The van der Waals surface area contributed by atoms with E-state index < -0.39 is 5.79 Å². The number of para-hydroxylation sites is 1. The van der Waals surface area contributed by atoms with Crippen LogP contribution >= 0.6 is 0 Å². The number of rotatable bonds is 0. The van der Waals surface area contributed by atoms with Gasteiger partial charge >= 0.3 is 0 Å². The number of aliphatic hydroxyl groups is 2. The van der Waals surface area contributed by atoms with Gasteiger partial charge < -0.3 is 15.5 Å². The van der Waals surface area contributed by atoms with E-state index in [1.807, 2.05) is 12.1 Å². The predicted molar refractivity (Wildman–Crippen MR) is 41.0 cm³/mol. The zero-order chi connectivity index (χ0) is 7.90. The van der Waals surface area contributed by atoms with Gasteiger partial charge in [0.05, 0.1) is 6.54 Å². The Kier molecular flexibility index (Phi) is 1.19. The zero-order valence-corrected chi connectivity index (χ0v) is 5.91. The number of nitrogens with one attached hydrogen (secondary N) is 1.